The Kier molecular flexibility index (Phi) is 4.06. The van der Waals surface area contributed by atoms with E-state index in [-0.39, 0.29) is 15.7 Å². The van der Waals surface area contributed by atoms with Crippen molar-refractivity contribution in [2.24, 2.45) is 0 Å². The molecule has 2 aromatic carbocycles. The Balaban J connectivity index is 2.38. The third-order valence-corrected chi connectivity index (χ3v) is 4.36. The van der Waals surface area contributed by atoms with Gasteiger partial charge in [0.1, 0.15) is 10.6 Å². The van der Waals surface area contributed by atoms with Crippen LogP contribution in [-0.4, -0.2) is 15.5 Å². The molecule has 2 rings (SSSR count). The van der Waals surface area contributed by atoms with Crippen molar-refractivity contribution in [3.8, 4) is 5.75 Å². The predicted molar refractivity (Wildman–Crippen MR) is 79.7 cm³/mol. The quantitative estimate of drug-likeness (QED) is 0.851. The van der Waals surface area contributed by atoms with Crippen LogP contribution in [0.5, 0.6) is 5.75 Å². The topological polar surface area (TPSA) is 81.4 Å². The number of hydrogen-bond donors (Lipinski definition) is 2. The van der Waals surface area contributed by atoms with E-state index in [1.54, 1.807) is 18.2 Å². The van der Waals surface area contributed by atoms with Crippen LogP contribution in [0.2, 0.25) is 5.02 Å². The fraction of sp³-hybridized carbons (Fsp3) is 0.0769. The minimum Gasteiger partial charge on any atom is -0.495 e. The van der Waals surface area contributed by atoms with E-state index in [9.17, 15) is 8.42 Å². The number of nitrogens with one attached hydrogen (secondary N) is 1. The summed E-state index contributed by atoms with van der Waals surface area (Å²) in [6.45, 7) is 0. The molecule has 0 aliphatic heterocycles. The molecule has 0 bridgehead atoms. The highest BCUT2D eigenvalue weighted by Gasteiger charge is 2.19. The van der Waals surface area contributed by atoms with Gasteiger partial charge in [-0.15, -0.1) is 0 Å². The van der Waals surface area contributed by atoms with Crippen molar-refractivity contribution < 1.29 is 13.2 Å². The van der Waals surface area contributed by atoms with Gasteiger partial charge in [-0.25, -0.2) is 8.42 Å². The molecule has 0 saturated carbocycles. The van der Waals surface area contributed by atoms with Crippen molar-refractivity contribution in [3.05, 3.63) is 47.5 Å². The minimum atomic E-state index is -3.76. The highest BCUT2D eigenvalue weighted by Crippen LogP contribution is 2.27. The average molecular weight is 313 g/mol. The van der Waals surface area contributed by atoms with Crippen molar-refractivity contribution in [1.82, 2.24) is 0 Å². The van der Waals surface area contributed by atoms with E-state index in [0.717, 1.165) is 0 Å². The Morgan fingerprint density at radius 1 is 1.20 bits per heavy atom. The Hall–Kier alpha value is -1.92. The van der Waals surface area contributed by atoms with Gasteiger partial charge in [-0.05, 0) is 30.3 Å². The van der Waals surface area contributed by atoms with Gasteiger partial charge in [-0.2, -0.15) is 0 Å². The zero-order valence-corrected chi connectivity index (χ0v) is 12.2. The van der Waals surface area contributed by atoms with Crippen LogP contribution in [0.4, 0.5) is 11.4 Å². The molecule has 0 aliphatic carbocycles. The second kappa shape index (κ2) is 5.60. The monoisotopic (exact) mass is 312 g/mol. The lowest BCUT2D eigenvalue weighted by atomic mass is 10.3. The summed E-state index contributed by atoms with van der Waals surface area (Å²) in [6.07, 6.45) is 0. The van der Waals surface area contributed by atoms with E-state index in [0.29, 0.717) is 11.4 Å². The van der Waals surface area contributed by atoms with Crippen molar-refractivity contribution in [3.63, 3.8) is 0 Å². The van der Waals surface area contributed by atoms with Gasteiger partial charge < -0.3 is 10.5 Å². The number of para-hydroxylation sites is 1. The van der Waals surface area contributed by atoms with E-state index >= 15 is 0 Å². The van der Waals surface area contributed by atoms with E-state index in [4.69, 9.17) is 22.1 Å². The zero-order valence-electron chi connectivity index (χ0n) is 10.6. The molecule has 7 heteroatoms. The molecule has 3 N–H and O–H groups in total. The van der Waals surface area contributed by atoms with Crippen molar-refractivity contribution >= 4 is 33.0 Å². The maximum Gasteiger partial charge on any atom is 0.265 e. The van der Waals surface area contributed by atoms with Crippen LogP contribution >= 0.6 is 11.6 Å². The molecule has 106 valence electrons. The number of hydrogen-bond acceptors (Lipinski definition) is 4. The number of rotatable bonds is 4. The van der Waals surface area contributed by atoms with Gasteiger partial charge in [0.15, 0.2) is 0 Å². The van der Waals surface area contributed by atoms with Crippen LogP contribution in [0.15, 0.2) is 47.4 Å². The fourth-order valence-corrected chi connectivity index (χ4v) is 3.04. The molecule has 0 aliphatic rings. The van der Waals surface area contributed by atoms with E-state index < -0.39 is 10.0 Å². The molecule has 0 amide bonds. The van der Waals surface area contributed by atoms with Crippen molar-refractivity contribution in [2.75, 3.05) is 17.6 Å². The van der Waals surface area contributed by atoms with Gasteiger partial charge in [0, 0.05) is 0 Å². The maximum absolute atomic E-state index is 12.3. The first-order valence-electron chi connectivity index (χ1n) is 5.65. The zero-order chi connectivity index (χ0) is 14.8. The maximum atomic E-state index is 12.3. The first kappa shape index (κ1) is 14.5. The van der Waals surface area contributed by atoms with Crippen molar-refractivity contribution in [2.45, 2.75) is 4.90 Å². The van der Waals surface area contributed by atoms with Crippen LogP contribution in [-0.2, 0) is 10.0 Å². The van der Waals surface area contributed by atoms with Gasteiger partial charge in [-0.3, -0.25) is 4.72 Å². The van der Waals surface area contributed by atoms with Crippen LogP contribution in [0.25, 0.3) is 0 Å². The van der Waals surface area contributed by atoms with Gasteiger partial charge >= 0.3 is 0 Å². The number of sulfonamides is 1. The summed E-state index contributed by atoms with van der Waals surface area (Å²) in [5.41, 5.74) is 6.29. The number of methoxy groups -OCH3 is 1. The molecule has 0 heterocycles. The lowest BCUT2D eigenvalue weighted by Crippen LogP contribution is -2.14. The third-order valence-electron chi connectivity index (χ3n) is 2.61. The van der Waals surface area contributed by atoms with Crippen LogP contribution < -0.4 is 15.2 Å². The fourth-order valence-electron chi connectivity index (χ4n) is 1.64. The normalized spacial score (nSPS) is 11.1. The standard InChI is InChI=1S/C13H13ClN2O3S/c1-19-12-4-2-3-5-13(12)20(17,18)16-9-6-7-11(15)10(14)8-9/h2-8,16H,15H2,1H3. The predicted octanol–water partition coefficient (Wildman–Crippen LogP) is 2.73. The molecule has 0 unspecified atom stereocenters. The molecule has 5 nitrogen and oxygen atoms in total. The first-order chi connectivity index (χ1) is 9.44. The van der Waals surface area contributed by atoms with Crippen LogP contribution in [0.1, 0.15) is 0 Å². The second-order valence-corrected chi connectivity index (χ2v) is 6.05. The lowest BCUT2D eigenvalue weighted by Gasteiger charge is -2.11. The number of nitrogen functional groups attached to an aromatic ring is 1. The molecule has 0 radical (unpaired) electrons. The summed E-state index contributed by atoms with van der Waals surface area (Å²) in [6, 6.07) is 10.9. The molecular weight excluding hydrogens is 300 g/mol. The van der Waals surface area contributed by atoms with Crippen LogP contribution in [0, 0.1) is 0 Å². The summed E-state index contributed by atoms with van der Waals surface area (Å²) < 4.78 is 32.1. The van der Waals surface area contributed by atoms with Gasteiger partial charge in [-0.1, -0.05) is 23.7 Å². The summed E-state index contributed by atoms with van der Waals surface area (Å²) in [5.74, 6) is 0.265. The summed E-state index contributed by atoms with van der Waals surface area (Å²) in [5, 5.41) is 0.283. The number of anilines is 2. The molecular formula is C13H13ClN2O3S. The van der Waals surface area contributed by atoms with E-state index in [1.165, 1.54) is 31.4 Å². The molecule has 20 heavy (non-hydrogen) atoms. The van der Waals surface area contributed by atoms with E-state index in [1.807, 2.05) is 0 Å². The van der Waals surface area contributed by atoms with Gasteiger partial charge in [0.2, 0.25) is 0 Å². The highest BCUT2D eigenvalue weighted by molar-refractivity contribution is 7.92. The largest absolute Gasteiger partial charge is 0.495 e. The number of nitrogens with two attached hydrogens (primary N) is 1. The minimum absolute atomic E-state index is 0.0513. The second-order valence-electron chi connectivity index (χ2n) is 3.99. The summed E-state index contributed by atoms with van der Waals surface area (Å²) >= 11 is 5.86. The Morgan fingerprint density at radius 3 is 2.55 bits per heavy atom. The number of halogens is 1. The van der Waals surface area contributed by atoms with Gasteiger partial charge in [0.25, 0.3) is 10.0 Å². The number of benzene rings is 2. The molecule has 0 saturated heterocycles. The number of ether oxygens (including phenoxy) is 1. The smallest absolute Gasteiger partial charge is 0.265 e. The molecule has 0 atom stereocenters. The Labute approximate surface area is 122 Å². The third kappa shape index (κ3) is 2.97. The van der Waals surface area contributed by atoms with Crippen molar-refractivity contribution in [1.29, 1.82) is 0 Å². The highest BCUT2D eigenvalue weighted by atomic mass is 35.5. The summed E-state index contributed by atoms with van der Waals surface area (Å²) in [7, 11) is -2.35. The van der Waals surface area contributed by atoms with Crippen LogP contribution in [0.3, 0.4) is 0 Å². The first-order valence-corrected chi connectivity index (χ1v) is 7.51. The lowest BCUT2D eigenvalue weighted by molar-refractivity contribution is 0.403. The van der Waals surface area contributed by atoms with Gasteiger partial charge in [0.05, 0.1) is 23.5 Å². The summed E-state index contributed by atoms with van der Waals surface area (Å²) in [4.78, 5) is 0.0513. The Bertz CT molecular complexity index is 732. The Morgan fingerprint density at radius 2 is 1.90 bits per heavy atom. The molecule has 0 aromatic heterocycles. The average Bonchev–Trinajstić information content (AvgIpc) is 2.42. The molecule has 2 aromatic rings. The SMILES string of the molecule is COc1ccccc1S(=O)(=O)Nc1ccc(N)c(Cl)c1. The van der Waals surface area contributed by atoms with E-state index in [2.05, 4.69) is 4.72 Å². The molecule has 0 spiro atoms. The molecule has 0 fully saturated rings.